The number of likely N-dealkylation sites (tertiary alicyclic amines) is 1. The number of carbonyl (C=O) groups is 3. The van der Waals surface area contributed by atoms with Crippen LogP contribution in [-0.4, -0.2) is 80.3 Å². The van der Waals surface area contributed by atoms with E-state index in [1.54, 1.807) is 24.8 Å². The van der Waals surface area contributed by atoms with Gasteiger partial charge in [-0.15, -0.1) is 6.58 Å². The van der Waals surface area contributed by atoms with Crippen LogP contribution < -0.4 is 0 Å². The molecule has 2 amide bonds. The fraction of sp³-hybridized carbons (Fsp3) is 0.762. The topological polar surface area (TPSA) is 107 Å². The van der Waals surface area contributed by atoms with E-state index in [1.807, 2.05) is 20.8 Å². The number of carboxylic acid groups (broad SMARTS) is 1. The fourth-order valence-electron chi connectivity index (χ4n) is 5.75. The van der Waals surface area contributed by atoms with E-state index in [2.05, 4.69) is 6.58 Å². The van der Waals surface area contributed by atoms with Crippen LogP contribution >= 0.6 is 0 Å². The molecule has 3 rings (SSSR count). The fourth-order valence-corrected chi connectivity index (χ4v) is 5.75. The molecule has 0 saturated carbocycles. The van der Waals surface area contributed by atoms with E-state index in [4.69, 9.17) is 4.74 Å². The number of aliphatic hydroxyl groups excluding tert-OH is 1. The molecule has 162 valence electrons. The van der Waals surface area contributed by atoms with E-state index in [-0.39, 0.29) is 24.5 Å². The number of carboxylic acids is 1. The van der Waals surface area contributed by atoms with Crippen molar-refractivity contribution in [2.45, 2.75) is 70.4 Å². The highest BCUT2D eigenvalue weighted by Crippen LogP contribution is 2.65. The van der Waals surface area contributed by atoms with Gasteiger partial charge in [-0.05, 0) is 40.0 Å². The minimum absolute atomic E-state index is 0.126. The van der Waals surface area contributed by atoms with Crippen LogP contribution in [0.1, 0.15) is 41.0 Å². The van der Waals surface area contributed by atoms with E-state index in [9.17, 15) is 24.6 Å². The number of hydrogen-bond donors (Lipinski definition) is 2. The molecule has 2 bridgehead atoms. The number of hydrogen-bond acceptors (Lipinski definition) is 5. The summed E-state index contributed by atoms with van der Waals surface area (Å²) in [6, 6.07) is -1.74. The van der Waals surface area contributed by atoms with E-state index in [0.29, 0.717) is 13.0 Å². The Kier molecular flexibility index (Phi) is 5.32. The number of amides is 2. The molecule has 7 atom stereocenters. The predicted molar refractivity (Wildman–Crippen MR) is 105 cm³/mol. The Labute approximate surface area is 171 Å². The average Bonchev–Trinajstić information content (AvgIpc) is 3.15. The maximum atomic E-state index is 13.7. The van der Waals surface area contributed by atoms with Crippen molar-refractivity contribution in [3.8, 4) is 0 Å². The molecule has 3 aliphatic rings. The van der Waals surface area contributed by atoms with Crippen molar-refractivity contribution >= 4 is 17.8 Å². The summed E-state index contributed by atoms with van der Waals surface area (Å²) in [5.74, 6) is -3.90. The molecule has 3 heterocycles. The van der Waals surface area contributed by atoms with Gasteiger partial charge in [0.15, 0.2) is 0 Å². The normalized spacial score (nSPS) is 39.0. The van der Waals surface area contributed by atoms with Crippen molar-refractivity contribution in [3.05, 3.63) is 12.7 Å². The number of ether oxygens (including phenoxy) is 1. The van der Waals surface area contributed by atoms with Gasteiger partial charge in [-0.2, -0.15) is 0 Å². The summed E-state index contributed by atoms with van der Waals surface area (Å²) < 4.78 is 6.40. The molecule has 3 fully saturated rings. The van der Waals surface area contributed by atoms with Crippen molar-refractivity contribution in [1.29, 1.82) is 0 Å². The lowest BCUT2D eigenvalue weighted by Crippen LogP contribution is -2.59. The highest BCUT2D eigenvalue weighted by molar-refractivity contribution is 5.98. The molecular weight excluding hydrogens is 376 g/mol. The van der Waals surface area contributed by atoms with E-state index < -0.39 is 47.0 Å². The molecule has 0 aromatic rings. The largest absolute Gasteiger partial charge is 0.481 e. The number of rotatable bonds is 7. The first kappa shape index (κ1) is 21.8. The molecule has 3 saturated heterocycles. The third kappa shape index (κ3) is 2.75. The van der Waals surface area contributed by atoms with Crippen molar-refractivity contribution in [2.75, 3.05) is 13.2 Å². The van der Waals surface area contributed by atoms with Gasteiger partial charge in [0, 0.05) is 12.6 Å². The molecule has 2 N–H and O–H groups in total. The van der Waals surface area contributed by atoms with Gasteiger partial charge in [-0.25, -0.2) is 0 Å². The highest BCUT2D eigenvalue weighted by atomic mass is 16.5. The standard InChI is InChI=1S/C21H32N2O6/c1-7-8-22(11(2)3)18(26)16-21-9-12(4)20(6,29-21)15(19(27)28)14(21)17(25)23(16)13(5)10-24/h7,11-16,24H,1,8-10H2,2-6H3,(H,27,28)/t12?,13-,14+,15-,16?,20+,21?/m1/s1. The second-order valence-corrected chi connectivity index (χ2v) is 9.19. The summed E-state index contributed by atoms with van der Waals surface area (Å²) >= 11 is 0. The highest BCUT2D eigenvalue weighted by Gasteiger charge is 2.80. The summed E-state index contributed by atoms with van der Waals surface area (Å²) in [5.41, 5.74) is -2.22. The van der Waals surface area contributed by atoms with Gasteiger partial charge in [0.2, 0.25) is 11.8 Å². The Hall–Kier alpha value is -1.93. The average molecular weight is 408 g/mol. The van der Waals surface area contributed by atoms with E-state index in [1.165, 1.54) is 4.90 Å². The zero-order valence-corrected chi connectivity index (χ0v) is 17.8. The van der Waals surface area contributed by atoms with Gasteiger partial charge in [0.05, 0.1) is 24.2 Å². The van der Waals surface area contributed by atoms with Gasteiger partial charge < -0.3 is 24.7 Å². The molecule has 1 spiro atoms. The molecule has 8 heteroatoms. The van der Waals surface area contributed by atoms with Crippen LogP contribution in [0.2, 0.25) is 0 Å². The van der Waals surface area contributed by atoms with Crippen LogP contribution in [0.15, 0.2) is 12.7 Å². The van der Waals surface area contributed by atoms with E-state index in [0.717, 1.165) is 0 Å². The summed E-state index contributed by atoms with van der Waals surface area (Å²) in [6.07, 6.45) is 2.05. The van der Waals surface area contributed by atoms with Crippen molar-refractivity contribution in [1.82, 2.24) is 9.80 Å². The summed E-state index contributed by atoms with van der Waals surface area (Å²) in [5, 5.41) is 19.7. The molecule has 0 radical (unpaired) electrons. The maximum Gasteiger partial charge on any atom is 0.310 e. The Bertz CT molecular complexity index is 739. The Morgan fingerprint density at radius 1 is 1.41 bits per heavy atom. The van der Waals surface area contributed by atoms with Gasteiger partial charge in [0.25, 0.3) is 0 Å². The molecule has 8 nitrogen and oxygen atoms in total. The van der Waals surface area contributed by atoms with Gasteiger partial charge in [-0.1, -0.05) is 13.0 Å². The lowest BCUT2D eigenvalue weighted by Gasteiger charge is -2.39. The van der Waals surface area contributed by atoms with E-state index >= 15 is 0 Å². The Balaban J connectivity index is 2.17. The molecule has 0 aromatic heterocycles. The molecule has 3 unspecified atom stereocenters. The van der Waals surface area contributed by atoms with Crippen molar-refractivity contribution < 1.29 is 29.3 Å². The third-order valence-corrected chi connectivity index (χ3v) is 7.22. The molecular formula is C21H32N2O6. The predicted octanol–water partition coefficient (Wildman–Crippen LogP) is 0.886. The first-order valence-electron chi connectivity index (χ1n) is 10.2. The number of aliphatic hydroxyl groups is 1. The maximum absolute atomic E-state index is 13.7. The summed E-state index contributed by atoms with van der Waals surface area (Å²) in [4.78, 5) is 42.4. The van der Waals surface area contributed by atoms with Gasteiger partial charge in [0.1, 0.15) is 17.6 Å². The zero-order valence-electron chi connectivity index (χ0n) is 17.8. The first-order valence-corrected chi connectivity index (χ1v) is 10.2. The molecule has 29 heavy (non-hydrogen) atoms. The number of carbonyl (C=O) groups excluding carboxylic acids is 2. The molecule has 0 aromatic carbocycles. The first-order chi connectivity index (χ1) is 13.5. The van der Waals surface area contributed by atoms with Crippen LogP contribution in [0.25, 0.3) is 0 Å². The van der Waals surface area contributed by atoms with Crippen LogP contribution in [0.5, 0.6) is 0 Å². The number of fused-ring (bicyclic) bond motifs is 1. The number of nitrogens with zero attached hydrogens (tertiary/aromatic N) is 2. The monoisotopic (exact) mass is 408 g/mol. The van der Waals surface area contributed by atoms with Gasteiger partial charge in [-0.3, -0.25) is 14.4 Å². The smallest absolute Gasteiger partial charge is 0.310 e. The van der Waals surface area contributed by atoms with Gasteiger partial charge >= 0.3 is 5.97 Å². The number of aliphatic carboxylic acids is 1. The molecule has 0 aliphatic carbocycles. The lowest BCUT2D eigenvalue weighted by atomic mass is 9.62. The lowest BCUT2D eigenvalue weighted by molar-refractivity contribution is -0.160. The second kappa shape index (κ2) is 7.09. The summed E-state index contributed by atoms with van der Waals surface area (Å²) in [7, 11) is 0. The minimum Gasteiger partial charge on any atom is -0.481 e. The van der Waals surface area contributed by atoms with Crippen LogP contribution in [0, 0.1) is 17.8 Å². The SMILES string of the molecule is C=CCN(C(=O)C1N([C@H](C)CO)C(=O)[C@@H]2[C@H](C(=O)O)[C@@]3(C)OC12CC3C)C(C)C. The quantitative estimate of drug-likeness (QED) is 0.606. The summed E-state index contributed by atoms with van der Waals surface area (Å²) in [6.45, 7) is 12.8. The zero-order chi connectivity index (χ0) is 21.9. The second-order valence-electron chi connectivity index (χ2n) is 9.19. The Morgan fingerprint density at radius 3 is 2.52 bits per heavy atom. The van der Waals surface area contributed by atoms with Crippen molar-refractivity contribution in [2.24, 2.45) is 17.8 Å². The third-order valence-electron chi connectivity index (χ3n) is 7.22. The van der Waals surface area contributed by atoms with Crippen LogP contribution in [-0.2, 0) is 19.1 Å². The van der Waals surface area contributed by atoms with Crippen LogP contribution in [0.4, 0.5) is 0 Å². The molecule has 3 aliphatic heterocycles. The van der Waals surface area contributed by atoms with Crippen molar-refractivity contribution in [3.63, 3.8) is 0 Å². The van der Waals surface area contributed by atoms with Crippen LogP contribution in [0.3, 0.4) is 0 Å². The minimum atomic E-state index is -1.21. The Morgan fingerprint density at radius 2 is 2.03 bits per heavy atom.